The number of hydrogen-bond acceptors (Lipinski definition) is 4. The lowest BCUT2D eigenvalue weighted by atomic mass is 10.1. The van der Waals surface area contributed by atoms with E-state index in [0.29, 0.717) is 11.8 Å². The molecule has 1 aromatic heterocycles. The number of nitrogens with two attached hydrogens (primary N) is 1. The summed E-state index contributed by atoms with van der Waals surface area (Å²) in [6.45, 7) is 0. The van der Waals surface area contributed by atoms with E-state index >= 15 is 0 Å². The minimum absolute atomic E-state index is 0.392. The Hall–Kier alpha value is -1.50. The van der Waals surface area contributed by atoms with E-state index < -0.39 is 6.04 Å². The minimum Gasteiger partial charge on any atom is -0.419 e. The molecule has 1 atom stereocenters. The largest absolute Gasteiger partial charge is 0.419 e. The molecule has 3 aromatic rings. The van der Waals surface area contributed by atoms with Crippen LogP contribution in [0.1, 0.15) is 17.5 Å². The fourth-order valence-electron chi connectivity index (χ4n) is 1.93. The Morgan fingerprint density at radius 2 is 1.76 bits per heavy atom. The summed E-state index contributed by atoms with van der Waals surface area (Å²) in [7, 11) is 0. The lowest BCUT2D eigenvalue weighted by molar-refractivity contribution is 0.484. The predicted octanol–water partition coefficient (Wildman–Crippen LogP) is 4.31. The average molecular weight is 409 g/mol. The quantitative estimate of drug-likeness (QED) is 0.701. The Balaban J connectivity index is 1.95. The van der Waals surface area contributed by atoms with Gasteiger partial charge >= 0.3 is 0 Å². The van der Waals surface area contributed by atoms with Crippen LogP contribution in [0.2, 0.25) is 0 Å². The number of hydrogen-bond donors (Lipinski definition) is 1. The summed E-state index contributed by atoms with van der Waals surface area (Å²) in [5.41, 5.74) is 7.91. The van der Waals surface area contributed by atoms with Gasteiger partial charge in [-0.1, -0.05) is 46.3 Å². The molecule has 0 spiro atoms. The predicted molar refractivity (Wildman–Crippen MR) is 87.6 cm³/mol. The number of aromatic nitrogens is 2. The molecular weight excluding hydrogens is 398 g/mol. The van der Waals surface area contributed by atoms with Gasteiger partial charge in [-0.2, -0.15) is 0 Å². The van der Waals surface area contributed by atoms with E-state index in [4.69, 9.17) is 10.2 Å². The molecule has 2 aromatic carbocycles. The van der Waals surface area contributed by atoms with Crippen LogP contribution in [-0.2, 0) is 0 Å². The Kier molecular flexibility index (Phi) is 4.19. The van der Waals surface area contributed by atoms with Crippen molar-refractivity contribution in [2.45, 2.75) is 6.04 Å². The van der Waals surface area contributed by atoms with Gasteiger partial charge < -0.3 is 10.2 Å². The monoisotopic (exact) mass is 407 g/mol. The molecule has 0 saturated heterocycles. The second-order valence-electron chi connectivity index (χ2n) is 4.46. The lowest BCUT2D eigenvalue weighted by Gasteiger charge is -2.06. The number of halogens is 2. The maximum absolute atomic E-state index is 6.16. The highest BCUT2D eigenvalue weighted by atomic mass is 79.9. The van der Waals surface area contributed by atoms with Crippen molar-refractivity contribution >= 4 is 31.9 Å². The van der Waals surface area contributed by atoms with E-state index in [1.807, 2.05) is 48.5 Å². The summed E-state index contributed by atoms with van der Waals surface area (Å²) >= 11 is 6.91. The average Bonchev–Trinajstić information content (AvgIpc) is 2.99. The Bertz CT molecular complexity index is 759. The molecule has 6 heteroatoms. The summed E-state index contributed by atoms with van der Waals surface area (Å²) in [5.74, 6) is 0.827. The molecular formula is C15H11Br2N3O. The number of rotatable bonds is 3. The van der Waals surface area contributed by atoms with Gasteiger partial charge in [0.25, 0.3) is 0 Å². The molecule has 0 aliphatic rings. The van der Waals surface area contributed by atoms with Gasteiger partial charge in [-0.15, -0.1) is 10.2 Å². The fourth-order valence-corrected chi connectivity index (χ4v) is 2.71. The molecule has 106 valence electrons. The van der Waals surface area contributed by atoms with Gasteiger partial charge in [0.1, 0.15) is 6.04 Å². The van der Waals surface area contributed by atoms with Crippen LogP contribution >= 0.6 is 31.9 Å². The zero-order valence-electron chi connectivity index (χ0n) is 10.8. The van der Waals surface area contributed by atoms with Crippen molar-refractivity contribution in [3.8, 4) is 11.5 Å². The molecule has 1 heterocycles. The SMILES string of the molecule is NC(c1ccccc1)c1nnc(-c2cc(Br)ccc2Br)o1. The first kappa shape index (κ1) is 14.4. The first-order valence-electron chi connectivity index (χ1n) is 6.24. The van der Waals surface area contributed by atoms with Crippen molar-refractivity contribution in [1.29, 1.82) is 0 Å². The third-order valence-corrected chi connectivity index (χ3v) is 4.21. The molecule has 2 N–H and O–H groups in total. The van der Waals surface area contributed by atoms with Crippen LogP contribution in [0.25, 0.3) is 11.5 Å². The molecule has 0 aliphatic carbocycles. The Morgan fingerprint density at radius 3 is 2.52 bits per heavy atom. The molecule has 0 radical (unpaired) electrons. The molecule has 0 saturated carbocycles. The zero-order valence-corrected chi connectivity index (χ0v) is 14.0. The van der Waals surface area contributed by atoms with Gasteiger partial charge in [0.15, 0.2) is 0 Å². The molecule has 4 nitrogen and oxygen atoms in total. The minimum atomic E-state index is -0.432. The highest BCUT2D eigenvalue weighted by Crippen LogP contribution is 2.31. The summed E-state index contributed by atoms with van der Waals surface area (Å²) in [6.07, 6.45) is 0. The lowest BCUT2D eigenvalue weighted by Crippen LogP contribution is -2.11. The van der Waals surface area contributed by atoms with Crippen LogP contribution in [0.4, 0.5) is 0 Å². The third kappa shape index (κ3) is 3.07. The van der Waals surface area contributed by atoms with E-state index in [-0.39, 0.29) is 0 Å². The van der Waals surface area contributed by atoms with Gasteiger partial charge in [-0.05, 0) is 39.7 Å². The summed E-state index contributed by atoms with van der Waals surface area (Å²) in [4.78, 5) is 0. The standard InChI is InChI=1S/C15H11Br2N3O/c16-10-6-7-12(17)11(8-10)14-19-20-15(21-14)13(18)9-4-2-1-3-5-9/h1-8,13H,18H2. The maximum atomic E-state index is 6.16. The second-order valence-corrected chi connectivity index (χ2v) is 6.23. The second kappa shape index (κ2) is 6.09. The van der Waals surface area contributed by atoms with Crippen LogP contribution < -0.4 is 5.73 Å². The first-order valence-corrected chi connectivity index (χ1v) is 7.83. The van der Waals surface area contributed by atoms with Crippen molar-refractivity contribution in [3.05, 3.63) is 68.9 Å². The smallest absolute Gasteiger partial charge is 0.249 e. The van der Waals surface area contributed by atoms with Crippen LogP contribution in [0.3, 0.4) is 0 Å². The van der Waals surface area contributed by atoms with E-state index in [2.05, 4.69) is 42.1 Å². The molecule has 1 unspecified atom stereocenters. The number of nitrogens with zero attached hydrogens (tertiary/aromatic N) is 2. The van der Waals surface area contributed by atoms with Gasteiger partial charge in [0.05, 0.1) is 5.56 Å². The molecule has 0 fully saturated rings. The topological polar surface area (TPSA) is 64.9 Å². The third-order valence-electron chi connectivity index (χ3n) is 3.02. The van der Waals surface area contributed by atoms with E-state index in [0.717, 1.165) is 20.1 Å². The van der Waals surface area contributed by atoms with Crippen molar-refractivity contribution in [3.63, 3.8) is 0 Å². The highest BCUT2D eigenvalue weighted by Gasteiger charge is 2.18. The van der Waals surface area contributed by atoms with Crippen molar-refractivity contribution in [1.82, 2.24) is 10.2 Å². The zero-order chi connectivity index (χ0) is 14.8. The van der Waals surface area contributed by atoms with Crippen molar-refractivity contribution in [2.24, 2.45) is 5.73 Å². The number of benzene rings is 2. The van der Waals surface area contributed by atoms with Crippen LogP contribution in [-0.4, -0.2) is 10.2 Å². The molecule has 0 amide bonds. The van der Waals surface area contributed by atoms with Gasteiger partial charge in [-0.25, -0.2) is 0 Å². The van der Waals surface area contributed by atoms with E-state index in [9.17, 15) is 0 Å². The van der Waals surface area contributed by atoms with Crippen LogP contribution in [0, 0.1) is 0 Å². The van der Waals surface area contributed by atoms with Crippen LogP contribution in [0.5, 0.6) is 0 Å². The molecule has 21 heavy (non-hydrogen) atoms. The normalized spacial score (nSPS) is 12.3. The van der Waals surface area contributed by atoms with Gasteiger partial charge in [-0.3, -0.25) is 0 Å². The van der Waals surface area contributed by atoms with Crippen LogP contribution in [0.15, 0.2) is 61.9 Å². The maximum Gasteiger partial charge on any atom is 0.249 e. The van der Waals surface area contributed by atoms with Gasteiger partial charge in [0.2, 0.25) is 11.8 Å². The van der Waals surface area contributed by atoms with E-state index in [1.54, 1.807) is 0 Å². The first-order chi connectivity index (χ1) is 10.1. The van der Waals surface area contributed by atoms with Crippen molar-refractivity contribution < 1.29 is 4.42 Å². The van der Waals surface area contributed by atoms with E-state index in [1.165, 1.54) is 0 Å². The summed E-state index contributed by atoms with van der Waals surface area (Å²) in [5, 5.41) is 8.15. The van der Waals surface area contributed by atoms with Gasteiger partial charge in [0, 0.05) is 8.95 Å². The molecule has 3 rings (SSSR count). The Labute approximate surface area is 138 Å². The molecule has 0 bridgehead atoms. The summed E-state index contributed by atoms with van der Waals surface area (Å²) < 4.78 is 7.54. The fraction of sp³-hybridized carbons (Fsp3) is 0.0667. The van der Waals surface area contributed by atoms with Crippen molar-refractivity contribution in [2.75, 3.05) is 0 Å². The molecule has 0 aliphatic heterocycles. The summed E-state index contributed by atoms with van der Waals surface area (Å²) in [6, 6.07) is 15.0. The highest BCUT2D eigenvalue weighted by molar-refractivity contribution is 9.11. The Morgan fingerprint density at radius 1 is 1.00 bits per heavy atom.